The van der Waals surface area contributed by atoms with Gasteiger partial charge in [0.15, 0.2) is 0 Å². The SMILES string of the molecule is C=CC(=O)OCCOC(=O)C=CCC(C)(C)C. The summed E-state index contributed by atoms with van der Waals surface area (Å²) < 4.78 is 9.46. The first-order valence-corrected chi connectivity index (χ1v) is 5.47. The molecule has 0 bridgehead atoms. The lowest BCUT2D eigenvalue weighted by molar-refractivity contribution is -0.146. The predicted octanol–water partition coefficient (Wildman–Crippen LogP) is 2.25. The first kappa shape index (κ1) is 15.4. The normalized spacial score (nSPS) is 11.2. The lowest BCUT2D eigenvalue weighted by Crippen LogP contribution is -2.11. The van der Waals surface area contributed by atoms with Gasteiger partial charge in [-0.1, -0.05) is 33.4 Å². The van der Waals surface area contributed by atoms with E-state index in [-0.39, 0.29) is 18.6 Å². The molecule has 0 unspecified atom stereocenters. The molecule has 4 nitrogen and oxygen atoms in total. The molecule has 0 aliphatic rings. The standard InChI is InChI=1S/C13H20O4/c1-5-11(14)16-9-10-17-12(15)7-6-8-13(2,3)4/h5-7H,1,8-10H2,2-4H3. The molecule has 0 N–H and O–H groups in total. The number of ether oxygens (including phenoxy) is 2. The van der Waals surface area contributed by atoms with Crippen LogP contribution in [-0.2, 0) is 19.1 Å². The minimum atomic E-state index is -0.524. The maximum atomic E-state index is 11.2. The molecule has 0 aromatic heterocycles. The summed E-state index contributed by atoms with van der Waals surface area (Å²) in [6.07, 6.45) is 5.03. The highest BCUT2D eigenvalue weighted by molar-refractivity contribution is 5.82. The van der Waals surface area contributed by atoms with Crippen LogP contribution < -0.4 is 0 Å². The lowest BCUT2D eigenvalue weighted by atomic mass is 9.92. The molecule has 0 aliphatic heterocycles. The van der Waals surface area contributed by atoms with Gasteiger partial charge in [0.25, 0.3) is 0 Å². The largest absolute Gasteiger partial charge is 0.459 e. The van der Waals surface area contributed by atoms with Crippen molar-refractivity contribution in [1.29, 1.82) is 0 Å². The van der Waals surface area contributed by atoms with Crippen molar-refractivity contribution >= 4 is 11.9 Å². The Morgan fingerprint density at radius 3 is 2.12 bits per heavy atom. The quantitative estimate of drug-likeness (QED) is 0.406. The lowest BCUT2D eigenvalue weighted by Gasteiger charge is -2.14. The summed E-state index contributed by atoms with van der Waals surface area (Å²) in [6.45, 7) is 9.59. The van der Waals surface area contributed by atoms with E-state index in [4.69, 9.17) is 4.74 Å². The van der Waals surface area contributed by atoms with E-state index in [1.165, 1.54) is 6.08 Å². The van der Waals surface area contributed by atoms with Crippen LogP contribution >= 0.6 is 0 Å². The number of rotatable bonds is 6. The fourth-order valence-corrected chi connectivity index (χ4v) is 0.900. The van der Waals surface area contributed by atoms with E-state index in [0.29, 0.717) is 0 Å². The second-order valence-corrected chi connectivity index (χ2v) is 4.71. The van der Waals surface area contributed by atoms with Crippen LogP contribution in [0.5, 0.6) is 0 Å². The third-order valence-corrected chi connectivity index (χ3v) is 1.72. The van der Waals surface area contributed by atoms with Crippen LogP contribution in [0.25, 0.3) is 0 Å². The summed E-state index contributed by atoms with van der Waals surface area (Å²) in [5.74, 6) is -0.951. The van der Waals surface area contributed by atoms with Gasteiger partial charge in [-0.15, -0.1) is 0 Å². The zero-order valence-electron chi connectivity index (χ0n) is 10.7. The zero-order valence-corrected chi connectivity index (χ0v) is 10.7. The minimum absolute atomic E-state index is 0.0453. The summed E-state index contributed by atoms with van der Waals surface area (Å²) in [4.78, 5) is 21.8. The van der Waals surface area contributed by atoms with Crippen LogP contribution in [0.4, 0.5) is 0 Å². The van der Waals surface area contributed by atoms with Crippen molar-refractivity contribution in [1.82, 2.24) is 0 Å². The molecule has 96 valence electrons. The van der Waals surface area contributed by atoms with E-state index in [9.17, 15) is 9.59 Å². The van der Waals surface area contributed by atoms with Gasteiger partial charge in [0, 0.05) is 12.2 Å². The molecular formula is C13H20O4. The summed E-state index contributed by atoms with van der Waals surface area (Å²) in [7, 11) is 0. The fourth-order valence-electron chi connectivity index (χ4n) is 0.900. The second kappa shape index (κ2) is 7.65. The molecule has 0 saturated carbocycles. The fraction of sp³-hybridized carbons (Fsp3) is 0.538. The Labute approximate surface area is 102 Å². The molecular weight excluding hydrogens is 220 g/mol. The first-order chi connectivity index (χ1) is 7.85. The van der Waals surface area contributed by atoms with Crippen molar-refractivity contribution < 1.29 is 19.1 Å². The van der Waals surface area contributed by atoms with Gasteiger partial charge in [0.05, 0.1) is 0 Å². The maximum absolute atomic E-state index is 11.2. The predicted molar refractivity (Wildman–Crippen MR) is 65.3 cm³/mol. The molecule has 17 heavy (non-hydrogen) atoms. The highest BCUT2D eigenvalue weighted by atomic mass is 16.6. The molecule has 0 aliphatic carbocycles. The van der Waals surface area contributed by atoms with Crippen molar-refractivity contribution in [3.05, 3.63) is 24.8 Å². The third kappa shape index (κ3) is 10.7. The first-order valence-electron chi connectivity index (χ1n) is 5.47. The van der Waals surface area contributed by atoms with E-state index in [0.717, 1.165) is 12.5 Å². The average molecular weight is 240 g/mol. The number of carbonyl (C=O) groups is 2. The minimum Gasteiger partial charge on any atom is -0.459 e. The van der Waals surface area contributed by atoms with Crippen molar-refractivity contribution in [2.45, 2.75) is 27.2 Å². The Balaban J connectivity index is 3.66. The van der Waals surface area contributed by atoms with Crippen molar-refractivity contribution in [3.8, 4) is 0 Å². The molecule has 0 aromatic carbocycles. The number of carbonyl (C=O) groups excluding carboxylic acids is 2. The molecule has 0 heterocycles. The van der Waals surface area contributed by atoms with Crippen molar-refractivity contribution in [2.75, 3.05) is 13.2 Å². The van der Waals surface area contributed by atoms with Crippen molar-refractivity contribution in [3.63, 3.8) is 0 Å². The molecule has 0 aromatic rings. The molecule has 0 rings (SSSR count). The Morgan fingerprint density at radius 1 is 1.12 bits per heavy atom. The number of allylic oxidation sites excluding steroid dienone is 1. The molecule has 0 fully saturated rings. The number of hydrogen-bond donors (Lipinski definition) is 0. The summed E-state index contributed by atoms with van der Waals surface area (Å²) in [5, 5.41) is 0. The van der Waals surface area contributed by atoms with Crippen LogP contribution in [0.3, 0.4) is 0 Å². The van der Waals surface area contributed by atoms with E-state index in [1.54, 1.807) is 6.08 Å². The van der Waals surface area contributed by atoms with Gasteiger partial charge in [-0.2, -0.15) is 0 Å². The average Bonchev–Trinajstić information content (AvgIpc) is 2.22. The van der Waals surface area contributed by atoms with Crippen LogP contribution in [0.15, 0.2) is 24.8 Å². The van der Waals surface area contributed by atoms with Gasteiger partial charge in [0.1, 0.15) is 13.2 Å². The van der Waals surface area contributed by atoms with E-state index in [1.807, 2.05) is 0 Å². The second-order valence-electron chi connectivity index (χ2n) is 4.71. The van der Waals surface area contributed by atoms with Gasteiger partial charge in [-0.05, 0) is 11.8 Å². The Hall–Kier alpha value is -1.58. The van der Waals surface area contributed by atoms with Gasteiger partial charge in [-0.3, -0.25) is 0 Å². The maximum Gasteiger partial charge on any atom is 0.330 e. The number of hydrogen-bond acceptors (Lipinski definition) is 4. The van der Waals surface area contributed by atoms with E-state index >= 15 is 0 Å². The molecule has 4 heteroatoms. The monoisotopic (exact) mass is 240 g/mol. The van der Waals surface area contributed by atoms with Gasteiger partial charge >= 0.3 is 11.9 Å². The highest BCUT2D eigenvalue weighted by Gasteiger charge is 2.07. The van der Waals surface area contributed by atoms with Crippen molar-refractivity contribution in [2.24, 2.45) is 5.41 Å². The Kier molecular flexibility index (Phi) is 6.94. The highest BCUT2D eigenvalue weighted by Crippen LogP contribution is 2.18. The van der Waals surface area contributed by atoms with Crippen LogP contribution in [0.2, 0.25) is 0 Å². The van der Waals surface area contributed by atoms with Crippen LogP contribution in [-0.4, -0.2) is 25.2 Å². The van der Waals surface area contributed by atoms with Crippen LogP contribution in [0, 0.1) is 5.41 Å². The smallest absolute Gasteiger partial charge is 0.330 e. The molecule has 0 saturated heterocycles. The Morgan fingerprint density at radius 2 is 1.65 bits per heavy atom. The van der Waals surface area contributed by atoms with E-state index in [2.05, 4.69) is 32.1 Å². The Bertz CT molecular complexity index is 297. The third-order valence-electron chi connectivity index (χ3n) is 1.72. The summed E-state index contributed by atoms with van der Waals surface area (Å²) >= 11 is 0. The van der Waals surface area contributed by atoms with E-state index < -0.39 is 11.9 Å². The summed E-state index contributed by atoms with van der Waals surface area (Å²) in [6, 6.07) is 0. The van der Waals surface area contributed by atoms with Gasteiger partial charge < -0.3 is 9.47 Å². The van der Waals surface area contributed by atoms with Gasteiger partial charge in [-0.25, -0.2) is 9.59 Å². The van der Waals surface area contributed by atoms with Gasteiger partial charge in [0.2, 0.25) is 0 Å². The topological polar surface area (TPSA) is 52.6 Å². The zero-order chi connectivity index (χ0) is 13.3. The molecule has 0 radical (unpaired) electrons. The molecule has 0 atom stereocenters. The van der Waals surface area contributed by atoms with Crippen LogP contribution in [0.1, 0.15) is 27.2 Å². The molecule has 0 amide bonds. The summed E-state index contributed by atoms with van der Waals surface area (Å²) in [5.41, 5.74) is 0.149. The number of esters is 2. The molecule has 0 spiro atoms.